The van der Waals surface area contributed by atoms with Crippen molar-refractivity contribution in [2.75, 3.05) is 5.73 Å². The summed E-state index contributed by atoms with van der Waals surface area (Å²) in [7, 11) is 0. The van der Waals surface area contributed by atoms with Gasteiger partial charge >= 0.3 is 6.01 Å². The summed E-state index contributed by atoms with van der Waals surface area (Å²) in [6, 6.07) is 1.86. The molecule has 0 aliphatic rings. The Bertz CT molecular complexity index is 353. The van der Waals surface area contributed by atoms with Crippen molar-refractivity contribution >= 4 is 6.01 Å². The van der Waals surface area contributed by atoms with E-state index in [2.05, 4.69) is 10.2 Å². The molecule has 2 heterocycles. The van der Waals surface area contributed by atoms with Crippen LogP contribution in [0.5, 0.6) is 0 Å². The third-order valence-corrected chi connectivity index (χ3v) is 1.42. The molecule has 2 aromatic heterocycles. The Kier molecular flexibility index (Phi) is 1.36. The molecular formula is C7H7N3O2. The highest BCUT2D eigenvalue weighted by Crippen LogP contribution is 2.20. The number of nitrogens with two attached hydrogens (primary N) is 1. The Balaban J connectivity index is 2.43. The summed E-state index contributed by atoms with van der Waals surface area (Å²) < 4.78 is 10.0. The Morgan fingerprint density at radius 2 is 2.25 bits per heavy atom. The van der Waals surface area contributed by atoms with Crippen LogP contribution in [0, 0.1) is 6.92 Å². The highest BCUT2D eigenvalue weighted by Gasteiger charge is 2.07. The van der Waals surface area contributed by atoms with Crippen LogP contribution in [0.3, 0.4) is 0 Å². The predicted octanol–water partition coefficient (Wildman–Crippen LogP) is 1.22. The van der Waals surface area contributed by atoms with Crippen molar-refractivity contribution in [3.05, 3.63) is 18.1 Å². The zero-order valence-electron chi connectivity index (χ0n) is 6.44. The number of aromatic nitrogens is 2. The molecule has 2 aromatic rings. The van der Waals surface area contributed by atoms with E-state index in [-0.39, 0.29) is 6.01 Å². The van der Waals surface area contributed by atoms with Crippen molar-refractivity contribution < 1.29 is 8.83 Å². The summed E-state index contributed by atoms with van der Waals surface area (Å²) in [6.45, 7) is 1.84. The first-order valence-corrected chi connectivity index (χ1v) is 3.40. The zero-order valence-corrected chi connectivity index (χ0v) is 6.44. The second kappa shape index (κ2) is 2.37. The van der Waals surface area contributed by atoms with Crippen LogP contribution in [0.15, 0.2) is 21.2 Å². The maximum Gasteiger partial charge on any atom is 0.313 e. The number of nitrogens with zero attached hydrogens (tertiary/aromatic N) is 2. The van der Waals surface area contributed by atoms with Gasteiger partial charge in [0.2, 0.25) is 0 Å². The maximum atomic E-state index is 5.25. The van der Waals surface area contributed by atoms with E-state index in [0.717, 1.165) is 11.3 Å². The van der Waals surface area contributed by atoms with Gasteiger partial charge in [0.15, 0.2) is 0 Å². The van der Waals surface area contributed by atoms with E-state index >= 15 is 0 Å². The number of aryl methyl sites for hydroxylation is 1. The van der Waals surface area contributed by atoms with Gasteiger partial charge in [-0.2, -0.15) is 0 Å². The lowest BCUT2D eigenvalue weighted by molar-refractivity contribution is 0.532. The van der Waals surface area contributed by atoms with E-state index in [0.29, 0.717) is 5.89 Å². The first-order valence-electron chi connectivity index (χ1n) is 3.40. The van der Waals surface area contributed by atoms with Crippen molar-refractivity contribution in [2.45, 2.75) is 6.92 Å². The topological polar surface area (TPSA) is 78.1 Å². The van der Waals surface area contributed by atoms with Gasteiger partial charge in [0.25, 0.3) is 5.89 Å². The van der Waals surface area contributed by atoms with Gasteiger partial charge in [0, 0.05) is 0 Å². The first kappa shape index (κ1) is 6.90. The van der Waals surface area contributed by atoms with E-state index in [1.165, 1.54) is 0 Å². The quantitative estimate of drug-likeness (QED) is 0.687. The molecule has 2 N–H and O–H groups in total. The van der Waals surface area contributed by atoms with Gasteiger partial charge in [-0.1, -0.05) is 5.10 Å². The van der Waals surface area contributed by atoms with E-state index in [1.54, 1.807) is 12.3 Å². The fraction of sp³-hybridized carbons (Fsp3) is 0.143. The minimum atomic E-state index is 0.0591. The summed E-state index contributed by atoms with van der Waals surface area (Å²) in [4.78, 5) is 0. The Morgan fingerprint density at radius 3 is 2.75 bits per heavy atom. The summed E-state index contributed by atoms with van der Waals surface area (Å²) in [5.41, 5.74) is 6.00. The molecule has 0 aliphatic carbocycles. The van der Waals surface area contributed by atoms with Gasteiger partial charge in [0.1, 0.15) is 12.0 Å². The molecule has 0 unspecified atom stereocenters. The smallest absolute Gasteiger partial charge is 0.313 e. The van der Waals surface area contributed by atoms with Gasteiger partial charge < -0.3 is 14.6 Å². The van der Waals surface area contributed by atoms with Crippen LogP contribution in [-0.2, 0) is 0 Å². The fourth-order valence-electron chi connectivity index (χ4n) is 0.907. The molecule has 0 amide bonds. The Hall–Kier alpha value is -1.78. The third kappa shape index (κ3) is 1.05. The summed E-state index contributed by atoms with van der Waals surface area (Å²) >= 11 is 0. The average molecular weight is 165 g/mol. The number of hydrogen-bond acceptors (Lipinski definition) is 5. The molecule has 0 atom stereocenters. The van der Waals surface area contributed by atoms with Crippen molar-refractivity contribution in [1.82, 2.24) is 10.2 Å². The molecule has 0 aromatic carbocycles. The van der Waals surface area contributed by atoms with Crippen molar-refractivity contribution in [1.29, 1.82) is 0 Å². The molecule has 0 saturated carbocycles. The van der Waals surface area contributed by atoms with Crippen LogP contribution >= 0.6 is 0 Å². The monoisotopic (exact) mass is 165 g/mol. The zero-order chi connectivity index (χ0) is 8.55. The standard InChI is InChI=1S/C7H7N3O2/c1-4-2-5(3-11-4)6-9-10-7(8)12-6/h2-3H,1H3,(H2,8,10). The summed E-state index contributed by atoms with van der Waals surface area (Å²) in [6.07, 6.45) is 1.54. The van der Waals surface area contributed by atoms with E-state index in [9.17, 15) is 0 Å². The minimum absolute atomic E-state index is 0.0591. The van der Waals surface area contributed by atoms with Crippen LogP contribution < -0.4 is 5.73 Å². The molecule has 62 valence electrons. The van der Waals surface area contributed by atoms with Crippen molar-refractivity contribution in [3.8, 4) is 11.5 Å². The van der Waals surface area contributed by atoms with Crippen LogP contribution in [0.25, 0.3) is 11.5 Å². The van der Waals surface area contributed by atoms with E-state index < -0.39 is 0 Å². The van der Waals surface area contributed by atoms with Crippen molar-refractivity contribution in [3.63, 3.8) is 0 Å². The number of hydrogen-bond donors (Lipinski definition) is 1. The molecule has 0 bridgehead atoms. The van der Waals surface area contributed by atoms with E-state index in [1.807, 2.05) is 6.92 Å². The van der Waals surface area contributed by atoms with Crippen LogP contribution in [0.1, 0.15) is 5.76 Å². The largest absolute Gasteiger partial charge is 0.469 e. The number of anilines is 1. The second-order valence-electron chi connectivity index (χ2n) is 2.39. The molecule has 0 spiro atoms. The average Bonchev–Trinajstić information content (AvgIpc) is 2.58. The minimum Gasteiger partial charge on any atom is -0.469 e. The third-order valence-electron chi connectivity index (χ3n) is 1.42. The number of furan rings is 1. The molecule has 5 heteroatoms. The van der Waals surface area contributed by atoms with Gasteiger partial charge in [-0.3, -0.25) is 0 Å². The molecule has 0 radical (unpaired) electrons. The first-order chi connectivity index (χ1) is 5.75. The highest BCUT2D eigenvalue weighted by atomic mass is 16.4. The maximum absolute atomic E-state index is 5.25. The lowest BCUT2D eigenvalue weighted by Crippen LogP contribution is -1.81. The molecular weight excluding hydrogens is 158 g/mol. The molecule has 0 fully saturated rings. The Morgan fingerprint density at radius 1 is 1.42 bits per heavy atom. The van der Waals surface area contributed by atoms with Gasteiger partial charge in [-0.15, -0.1) is 5.10 Å². The van der Waals surface area contributed by atoms with Gasteiger partial charge in [0.05, 0.1) is 5.56 Å². The summed E-state index contributed by atoms with van der Waals surface area (Å²) in [5.74, 6) is 1.17. The van der Waals surface area contributed by atoms with Crippen LogP contribution in [0.4, 0.5) is 6.01 Å². The molecule has 0 aliphatic heterocycles. The molecule has 5 nitrogen and oxygen atoms in total. The Labute approximate surface area is 68.2 Å². The van der Waals surface area contributed by atoms with Gasteiger partial charge in [-0.25, -0.2) is 0 Å². The molecule has 0 saturated heterocycles. The number of rotatable bonds is 1. The lowest BCUT2D eigenvalue weighted by Gasteiger charge is -1.81. The van der Waals surface area contributed by atoms with Crippen LogP contribution in [0.2, 0.25) is 0 Å². The number of nitrogen functional groups attached to an aromatic ring is 1. The van der Waals surface area contributed by atoms with Crippen molar-refractivity contribution in [2.24, 2.45) is 0 Å². The normalized spacial score (nSPS) is 10.4. The second-order valence-corrected chi connectivity index (χ2v) is 2.39. The predicted molar refractivity (Wildman–Crippen MR) is 41.1 cm³/mol. The molecule has 2 rings (SSSR count). The SMILES string of the molecule is Cc1cc(-c2nnc(N)o2)co1. The lowest BCUT2D eigenvalue weighted by atomic mass is 10.3. The van der Waals surface area contributed by atoms with Crippen LogP contribution in [-0.4, -0.2) is 10.2 Å². The fourth-order valence-corrected chi connectivity index (χ4v) is 0.907. The summed E-state index contributed by atoms with van der Waals surface area (Å²) in [5, 5.41) is 7.22. The molecule has 12 heavy (non-hydrogen) atoms. The van der Waals surface area contributed by atoms with E-state index in [4.69, 9.17) is 14.6 Å². The van der Waals surface area contributed by atoms with Gasteiger partial charge in [-0.05, 0) is 13.0 Å². The highest BCUT2D eigenvalue weighted by molar-refractivity contribution is 5.51.